The van der Waals surface area contributed by atoms with Crippen LogP contribution in [0, 0.1) is 5.92 Å². The molecule has 0 saturated heterocycles. The number of amides is 11. The quantitative estimate of drug-likeness (QED) is 0.0208. The van der Waals surface area contributed by atoms with Gasteiger partial charge in [-0.25, -0.2) is 4.79 Å². The number of carboxylic acids is 1. The lowest BCUT2D eigenvalue weighted by molar-refractivity contribution is -0.142. The van der Waals surface area contributed by atoms with Gasteiger partial charge in [0.15, 0.2) is 0 Å². The first kappa shape index (κ1) is 71.7. The molecular formula is C58H79N13O15S2. The number of aromatic nitrogens is 1. The minimum Gasteiger partial charge on any atom is -0.508 e. The summed E-state index contributed by atoms with van der Waals surface area (Å²) in [5.41, 5.74) is 18.9. The number of phenolic OH excluding ortho intramolecular Hbond substituents is 1. The van der Waals surface area contributed by atoms with Gasteiger partial charge in [0.2, 0.25) is 65.0 Å². The smallest absolute Gasteiger partial charge is 0.326 e. The summed E-state index contributed by atoms with van der Waals surface area (Å²) >= 11 is 8.21. The Morgan fingerprint density at radius 2 is 0.977 bits per heavy atom. The number of primary amides is 2. The third-order valence-corrected chi connectivity index (χ3v) is 14.9. The lowest BCUT2D eigenvalue weighted by atomic mass is 9.97. The van der Waals surface area contributed by atoms with Crippen LogP contribution in [0.15, 0.2) is 85.1 Å². The molecule has 0 fully saturated rings. The van der Waals surface area contributed by atoms with Crippen LogP contribution in [0.5, 0.6) is 5.75 Å². The molecule has 0 saturated carbocycles. The van der Waals surface area contributed by atoms with E-state index in [0.717, 1.165) is 10.9 Å². The Kier molecular flexibility index (Phi) is 29.2. The zero-order valence-electron chi connectivity index (χ0n) is 48.8. The molecule has 4 rings (SSSR count). The van der Waals surface area contributed by atoms with Gasteiger partial charge in [-0.2, -0.15) is 25.3 Å². The first-order chi connectivity index (χ1) is 41.8. The maximum absolute atomic E-state index is 14.6. The van der Waals surface area contributed by atoms with Crippen LogP contribution in [-0.2, 0) is 76.8 Å². The molecule has 478 valence electrons. The number of H-pyrrole nitrogens is 1. The Bertz CT molecular complexity index is 3080. The number of rotatable bonds is 37. The Morgan fingerprint density at radius 3 is 1.51 bits per heavy atom. The summed E-state index contributed by atoms with van der Waals surface area (Å²) in [7, 11) is 0. The largest absolute Gasteiger partial charge is 0.508 e. The summed E-state index contributed by atoms with van der Waals surface area (Å²) in [6.45, 7) is 3.95. The first-order valence-corrected chi connectivity index (χ1v) is 29.6. The molecule has 0 aliphatic heterocycles. The molecule has 0 spiro atoms. The number of aromatic hydroxyl groups is 1. The van der Waals surface area contributed by atoms with E-state index in [0.29, 0.717) is 29.5 Å². The second kappa shape index (κ2) is 35.8. The van der Waals surface area contributed by atoms with Crippen molar-refractivity contribution in [3.63, 3.8) is 0 Å². The highest BCUT2D eigenvalue weighted by molar-refractivity contribution is 7.80. The number of nitrogens with two attached hydrogens (primary N) is 3. The van der Waals surface area contributed by atoms with Gasteiger partial charge in [-0.1, -0.05) is 101 Å². The number of benzene rings is 3. The highest BCUT2D eigenvalue weighted by Crippen LogP contribution is 2.20. The predicted molar refractivity (Wildman–Crippen MR) is 328 cm³/mol. The third kappa shape index (κ3) is 22.5. The molecule has 4 aromatic rings. The average molecular weight is 1260 g/mol. The van der Waals surface area contributed by atoms with Crippen molar-refractivity contribution < 1.29 is 72.9 Å². The van der Waals surface area contributed by atoms with Crippen molar-refractivity contribution in [3.8, 4) is 5.75 Å². The van der Waals surface area contributed by atoms with Crippen LogP contribution in [0.1, 0.15) is 76.0 Å². The number of unbranched alkanes of at least 4 members (excludes halogenated alkanes) is 1. The number of carbonyl (C=O) groups excluding carboxylic acids is 11. The lowest BCUT2D eigenvalue weighted by Gasteiger charge is -2.29. The zero-order valence-corrected chi connectivity index (χ0v) is 50.6. The Balaban J connectivity index is 1.56. The minimum atomic E-state index is -1.90. The molecule has 11 atom stereocenters. The molecule has 88 heavy (non-hydrogen) atoms. The van der Waals surface area contributed by atoms with Crippen LogP contribution < -0.4 is 65.1 Å². The molecule has 3 aromatic carbocycles. The number of thiol groups is 2. The van der Waals surface area contributed by atoms with Crippen molar-refractivity contribution in [1.82, 2.24) is 52.8 Å². The summed E-state index contributed by atoms with van der Waals surface area (Å²) in [6, 6.07) is 5.61. The Morgan fingerprint density at radius 1 is 0.523 bits per heavy atom. The van der Waals surface area contributed by atoms with Gasteiger partial charge in [-0.15, -0.1) is 0 Å². The molecule has 0 bridgehead atoms. The molecule has 30 heteroatoms. The van der Waals surface area contributed by atoms with Gasteiger partial charge in [0.25, 0.3) is 0 Å². The van der Waals surface area contributed by atoms with Crippen molar-refractivity contribution in [2.45, 2.75) is 139 Å². The normalized spacial score (nSPS) is 14.9. The number of aromatic amines is 1. The van der Waals surface area contributed by atoms with Crippen molar-refractivity contribution in [2.24, 2.45) is 23.1 Å². The summed E-state index contributed by atoms with van der Waals surface area (Å²) in [6.07, 6.45) is 0.569. The fourth-order valence-electron chi connectivity index (χ4n) is 8.96. The van der Waals surface area contributed by atoms with Gasteiger partial charge >= 0.3 is 5.97 Å². The molecule has 11 amide bonds. The number of hydrogen-bond acceptors (Lipinski definition) is 17. The number of aliphatic hydroxyl groups is 1. The fourth-order valence-corrected chi connectivity index (χ4v) is 9.38. The SMILES string of the molecule is CCCC[C@H](NC(=O)[C@H](CC(N)=O)NC(=O)[C@@H](N)CS)C(=O)N[C@@H](Cc1ccc(O)cc1)C(=O)N[C@H](Cc1ccccc1)C(=O)N[C@@H](CO)C(=O)N[C@H](CC(N)=O)C(=O)N[C@H](C(=O)N[C@H](CS)C(=O)N[C@@H](Cc1c[nH]c2ccccc12)C(=O)O)[C@@H](C)CC. The van der Waals surface area contributed by atoms with E-state index in [9.17, 15) is 72.9 Å². The van der Waals surface area contributed by atoms with Gasteiger partial charge < -0.3 is 85.4 Å². The van der Waals surface area contributed by atoms with E-state index >= 15 is 0 Å². The predicted octanol–water partition coefficient (Wildman–Crippen LogP) is -2.48. The third-order valence-electron chi connectivity index (χ3n) is 14.2. The number of para-hydroxylation sites is 1. The molecule has 1 heterocycles. The first-order valence-electron chi connectivity index (χ1n) is 28.3. The molecule has 0 unspecified atom stereocenters. The maximum Gasteiger partial charge on any atom is 0.326 e. The van der Waals surface area contributed by atoms with Gasteiger partial charge in [0, 0.05) is 47.9 Å². The topological polar surface area (TPSA) is 468 Å². The summed E-state index contributed by atoms with van der Waals surface area (Å²) in [5, 5.41) is 53.5. The molecule has 1 aromatic heterocycles. The van der Waals surface area contributed by atoms with E-state index in [2.05, 4.69) is 78.1 Å². The summed E-state index contributed by atoms with van der Waals surface area (Å²) < 4.78 is 0. The number of aliphatic carboxylic acids is 1. The van der Waals surface area contributed by atoms with Gasteiger partial charge in [-0.05, 0) is 47.2 Å². The van der Waals surface area contributed by atoms with E-state index < -0.39 is 157 Å². The van der Waals surface area contributed by atoms with E-state index in [1.54, 1.807) is 74.6 Å². The number of aliphatic hydroxyl groups excluding tert-OH is 1. The van der Waals surface area contributed by atoms with Crippen molar-refractivity contribution in [1.29, 1.82) is 0 Å². The van der Waals surface area contributed by atoms with Crippen LogP contribution >= 0.6 is 25.3 Å². The highest BCUT2D eigenvalue weighted by Gasteiger charge is 2.37. The van der Waals surface area contributed by atoms with Gasteiger partial charge in [0.05, 0.1) is 25.5 Å². The molecule has 0 aliphatic rings. The van der Waals surface area contributed by atoms with Crippen LogP contribution in [-0.4, -0.2) is 170 Å². The number of phenols is 1. The molecular weight excluding hydrogens is 1180 g/mol. The number of carbonyl (C=O) groups is 12. The van der Waals surface area contributed by atoms with E-state index in [4.69, 9.17) is 17.2 Å². The molecule has 0 aliphatic carbocycles. The van der Waals surface area contributed by atoms with Crippen LogP contribution in [0.3, 0.4) is 0 Å². The van der Waals surface area contributed by atoms with E-state index in [-0.39, 0.29) is 49.4 Å². The lowest BCUT2D eigenvalue weighted by Crippen LogP contribution is -2.62. The number of carboxylic acid groups (broad SMARTS) is 1. The average Bonchev–Trinajstić information content (AvgIpc) is 3.47. The number of fused-ring (bicyclic) bond motifs is 1. The van der Waals surface area contributed by atoms with E-state index in [1.165, 1.54) is 24.3 Å². The number of nitrogens with one attached hydrogen (secondary N) is 10. The van der Waals surface area contributed by atoms with Crippen molar-refractivity contribution in [2.75, 3.05) is 18.1 Å². The summed E-state index contributed by atoms with van der Waals surface area (Å²) in [5.74, 6) is -13.6. The Labute approximate surface area is 518 Å². The van der Waals surface area contributed by atoms with E-state index in [1.807, 2.05) is 6.92 Å². The second-order valence-corrected chi connectivity index (χ2v) is 21.7. The second-order valence-electron chi connectivity index (χ2n) is 21.0. The standard InChI is InChI=1S/C58H79N13O15S2/c1-4-6-15-38(63-53(80)41(24-46(60)74)64-49(76)36(59)28-87)50(77)65-40(22-32-17-19-34(73)20-18-32)51(78)66-39(21-31-12-8-7-9-13-31)52(79)69-44(27-72)55(82)67-42(25-47(61)75)54(81)71-48(30(3)5-2)57(84)70-45(29-88)56(83)68-43(58(85)86)23-33-26-62-37-16-11-10-14-35(33)37/h7-14,16-20,26,30,36,38-45,48,62,72-73,87-88H,4-6,15,21-25,27-29,59H2,1-3H3,(H2,60,74)(H2,61,75)(H,63,80)(H,64,76)(H,65,77)(H,66,78)(H,67,82)(H,68,83)(H,69,79)(H,70,84)(H,71,81)(H,85,86)/t30-,36-,38-,39+,40-,41-,42+,43-,44-,45+,48-/m0/s1. The van der Waals surface area contributed by atoms with Crippen LogP contribution in [0.2, 0.25) is 0 Å². The van der Waals surface area contributed by atoms with Crippen LogP contribution in [0.25, 0.3) is 10.9 Å². The highest BCUT2D eigenvalue weighted by atomic mass is 32.1. The maximum atomic E-state index is 14.6. The molecule has 28 nitrogen and oxygen atoms in total. The van der Waals surface area contributed by atoms with Crippen LogP contribution in [0.4, 0.5) is 0 Å². The van der Waals surface area contributed by atoms with Crippen molar-refractivity contribution >= 4 is 107 Å². The van der Waals surface area contributed by atoms with Gasteiger partial charge in [-0.3, -0.25) is 52.7 Å². The fraction of sp³-hybridized carbons (Fsp3) is 0.448. The molecule has 0 radical (unpaired) electrons. The Hall–Kier alpha value is -8.74. The molecule has 19 N–H and O–H groups in total. The number of hydrogen-bond donors (Lipinski definition) is 18. The zero-order chi connectivity index (χ0) is 65.2. The van der Waals surface area contributed by atoms with Gasteiger partial charge in [0.1, 0.15) is 60.1 Å². The van der Waals surface area contributed by atoms with Crippen molar-refractivity contribution in [3.05, 3.63) is 102 Å². The summed E-state index contributed by atoms with van der Waals surface area (Å²) in [4.78, 5) is 165. The monoisotopic (exact) mass is 1260 g/mol. The minimum absolute atomic E-state index is 0.00222.